The van der Waals surface area contributed by atoms with Crippen LogP contribution in [0.4, 0.5) is 0 Å². The van der Waals surface area contributed by atoms with Gasteiger partial charge in [0.15, 0.2) is 0 Å². The molecule has 0 aliphatic rings. The predicted molar refractivity (Wildman–Crippen MR) is 77.1 cm³/mol. The maximum absolute atomic E-state index is 6.49. The van der Waals surface area contributed by atoms with Crippen molar-refractivity contribution in [2.75, 3.05) is 20.2 Å². The highest BCUT2D eigenvalue weighted by atomic mass is 16.5. The number of likely N-dealkylation sites (N-methyl/N-ethyl adjacent to an activating group) is 1. The molecule has 2 unspecified atom stereocenters. The number of aromatic nitrogens is 2. The van der Waals surface area contributed by atoms with E-state index in [1.54, 1.807) is 19.5 Å². The van der Waals surface area contributed by atoms with E-state index in [9.17, 15) is 0 Å². The number of methoxy groups -OCH3 is 1. The Labute approximate surface area is 116 Å². The first-order valence-corrected chi connectivity index (χ1v) is 6.90. The van der Waals surface area contributed by atoms with Gasteiger partial charge in [-0.15, -0.1) is 0 Å². The molecule has 1 heterocycles. The van der Waals surface area contributed by atoms with Crippen LogP contribution in [0.25, 0.3) is 0 Å². The van der Waals surface area contributed by atoms with E-state index in [4.69, 9.17) is 10.5 Å². The average molecular weight is 266 g/mol. The largest absolute Gasteiger partial charge is 0.480 e. The number of nitrogens with zero attached hydrogens (tertiary/aromatic N) is 3. The van der Waals surface area contributed by atoms with Gasteiger partial charge in [-0.2, -0.15) is 0 Å². The van der Waals surface area contributed by atoms with Crippen molar-refractivity contribution in [3.8, 4) is 5.88 Å². The van der Waals surface area contributed by atoms with Crippen LogP contribution < -0.4 is 10.5 Å². The molecule has 0 saturated heterocycles. The molecule has 1 aromatic heterocycles. The monoisotopic (exact) mass is 266 g/mol. The average Bonchev–Trinajstić information content (AvgIpc) is 2.47. The lowest BCUT2D eigenvalue weighted by Crippen LogP contribution is -2.53. The van der Waals surface area contributed by atoms with Crippen LogP contribution >= 0.6 is 0 Å². The summed E-state index contributed by atoms with van der Waals surface area (Å²) in [4.78, 5) is 10.9. The van der Waals surface area contributed by atoms with E-state index in [-0.39, 0.29) is 11.6 Å². The standard InChI is InChI=1S/C14H26N4O/c1-6-14(4,18(7-2)8-3)12(15)11-13(19-5)17-10-9-16-11/h9-10,12H,6-8,15H2,1-5H3. The first kappa shape index (κ1) is 15.9. The molecule has 1 aromatic rings. The summed E-state index contributed by atoms with van der Waals surface area (Å²) in [6.45, 7) is 10.5. The van der Waals surface area contributed by atoms with E-state index in [0.717, 1.165) is 25.2 Å². The zero-order valence-electron chi connectivity index (χ0n) is 12.7. The van der Waals surface area contributed by atoms with Crippen molar-refractivity contribution in [2.24, 2.45) is 5.73 Å². The van der Waals surface area contributed by atoms with Gasteiger partial charge in [-0.3, -0.25) is 9.88 Å². The molecule has 0 aliphatic heterocycles. The van der Waals surface area contributed by atoms with Gasteiger partial charge in [0.25, 0.3) is 0 Å². The van der Waals surface area contributed by atoms with Gasteiger partial charge < -0.3 is 10.5 Å². The van der Waals surface area contributed by atoms with Gasteiger partial charge in [0, 0.05) is 17.9 Å². The van der Waals surface area contributed by atoms with Gasteiger partial charge in [0.2, 0.25) is 5.88 Å². The molecule has 0 fully saturated rings. The third kappa shape index (κ3) is 3.04. The van der Waals surface area contributed by atoms with Crippen LogP contribution in [-0.2, 0) is 0 Å². The minimum absolute atomic E-state index is 0.160. The highest BCUT2D eigenvalue weighted by Gasteiger charge is 2.38. The highest BCUT2D eigenvalue weighted by Crippen LogP contribution is 2.34. The second kappa shape index (κ2) is 6.82. The van der Waals surface area contributed by atoms with Crippen molar-refractivity contribution in [3.63, 3.8) is 0 Å². The molecule has 0 saturated carbocycles. The molecular weight excluding hydrogens is 240 g/mol. The molecule has 19 heavy (non-hydrogen) atoms. The number of hydrogen-bond acceptors (Lipinski definition) is 5. The molecule has 5 heteroatoms. The molecule has 0 aliphatic carbocycles. The Morgan fingerprint density at radius 2 is 1.84 bits per heavy atom. The third-order valence-electron chi connectivity index (χ3n) is 4.05. The molecule has 2 atom stereocenters. The third-order valence-corrected chi connectivity index (χ3v) is 4.05. The maximum atomic E-state index is 6.49. The van der Waals surface area contributed by atoms with Gasteiger partial charge in [0.05, 0.1) is 13.2 Å². The van der Waals surface area contributed by atoms with E-state index in [0.29, 0.717) is 5.88 Å². The molecule has 0 amide bonds. The second-order valence-electron chi connectivity index (χ2n) is 4.81. The number of nitrogens with two attached hydrogens (primary N) is 1. The van der Waals surface area contributed by atoms with Crippen LogP contribution in [0, 0.1) is 0 Å². The van der Waals surface area contributed by atoms with Crippen molar-refractivity contribution in [3.05, 3.63) is 18.1 Å². The predicted octanol–water partition coefficient (Wildman–Crippen LogP) is 2.00. The number of rotatable bonds is 7. The Morgan fingerprint density at radius 3 is 2.32 bits per heavy atom. The minimum Gasteiger partial charge on any atom is -0.480 e. The fourth-order valence-corrected chi connectivity index (χ4v) is 2.59. The van der Waals surface area contributed by atoms with Crippen molar-refractivity contribution in [1.29, 1.82) is 0 Å². The van der Waals surface area contributed by atoms with Crippen molar-refractivity contribution < 1.29 is 4.74 Å². The molecule has 0 aromatic carbocycles. The summed E-state index contributed by atoms with van der Waals surface area (Å²) in [5.41, 5.74) is 7.05. The Balaban J connectivity index is 3.17. The maximum Gasteiger partial charge on any atom is 0.237 e. The summed E-state index contributed by atoms with van der Waals surface area (Å²) in [6.07, 6.45) is 4.22. The van der Waals surface area contributed by atoms with Gasteiger partial charge in [-0.25, -0.2) is 4.98 Å². The highest BCUT2D eigenvalue weighted by molar-refractivity contribution is 5.24. The molecule has 0 spiro atoms. The molecule has 108 valence electrons. The molecule has 0 bridgehead atoms. The van der Waals surface area contributed by atoms with Crippen LogP contribution in [0.2, 0.25) is 0 Å². The summed E-state index contributed by atoms with van der Waals surface area (Å²) in [5, 5.41) is 0. The van der Waals surface area contributed by atoms with Crippen LogP contribution in [0.1, 0.15) is 45.9 Å². The number of hydrogen-bond donors (Lipinski definition) is 1. The van der Waals surface area contributed by atoms with Crippen molar-refractivity contribution in [2.45, 2.75) is 45.7 Å². The summed E-state index contributed by atoms with van der Waals surface area (Å²) < 4.78 is 5.28. The minimum atomic E-state index is -0.235. The van der Waals surface area contributed by atoms with Crippen LogP contribution in [-0.4, -0.2) is 40.6 Å². The topological polar surface area (TPSA) is 64.3 Å². The van der Waals surface area contributed by atoms with E-state index in [1.165, 1.54) is 0 Å². The lowest BCUT2D eigenvalue weighted by molar-refractivity contribution is 0.0817. The Hall–Kier alpha value is -1.20. The van der Waals surface area contributed by atoms with E-state index < -0.39 is 0 Å². The van der Waals surface area contributed by atoms with E-state index in [2.05, 4.69) is 42.6 Å². The zero-order valence-corrected chi connectivity index (χ0v) is 12.7. The molecule has 2 N–H and O–H groups in total. The molecular formula is C14H26N4O. The lowest BCUT2D eigenvalue weighted by atomic mass is 9.85. The van der Waals surface area contributed by atoms with Crippen LogP contribution in [0.15, 0.2) is 12.4 Å². The Morgan fingerprint density at radius 1 is 1.26 bits per heavy atom. The van der Waals surface area contributed by atoms with Crippen LogP contribution in [0.3, 0.4) is 0 Å². The first-order chi connectivity index (χ1) is 9.04. The van der Waals surface area contributed by atoms with Gasteiger partial charge in [-0.05, 0) is 26.4 Å². The Bertz CT molecular complexity index is 395. The zero-order chi connectivity index (χ0) is 14.5. The van der Waals surface area contributed by atoms with Crippen LogP contribution in [0.5, 0.6) is 5.88 Å². The fraction of sp³-hybridized carbons (Fsp3) is 0.714. The molecule has 0 radical (unpaired) electrons. The molecule has 1 rings (SSSR count). The lowest BCUT2D eigenvalue weighted by Gasteiger charge is -2.43. The summed E-state index contributed by atoms with van der Waals surface area (Å²) in [7, 11) is 1.60. The smallest absolute Gasteiger partial charge is 0.237 e. The summed E-state index contributed by atoms with van der Waals surface area (Å²) >= 11 is 0. The number of ether oxygens (including phenoxy) is 1. The van der Waals surface area contributed by atoms with E-state index >= 15 is 0 Å². The molecule has 5 nitrogen and oxygen atoms in total. The quantitative estimate of drug-likeness (QED) is 0.817. The first-order valence-electron chi connectivity index (χ1n) is 6.90. The SMILES string of the molecule is CCN(CC)C(C)(CC)C(N)c1nccnc1OC. The van der Waals surface area contributed by atoms with Crippen molar-refractivity contribution >= 4 is 0 Å². The second-order valence-corrected chi connectivity index (χ2v) is 4.81. The summed E-state index contributed by atoms with van der Waals surface area (Å²) in [5.74, 6) is 0.516. The van der Waals surface area contributed by atoms with E-state index in [1.807, 2.05) is 0 Å². The van der Waals surface area contributed by atoms with Gasteiger partial charge >= 0.3 is 0 Å². The van der Waals surface area contributed by atoms with Crippen molar-refractivity contribution in [1.82, 2.24) is 14.9 Å². The normalized spacial score (nSPS) is 16.2. The summed E-state index contributed by atoms with van der Waals surface area (Å²) in [6, 6.07) is -0.235. The Kier molecular flexibility index (Phi) is 5.69. The van der Waals surface area contributed by atoms with Gasteiger partial charge in [-0.1, -0.05) is 20.8 Å². The van der Waals surface area contributed by atoms with Gasteiger partial charge in [0.1, 0.15) is 5.69 Å². The fourth-order valence-electron chi connectivity index (χ4n) is 2.59.